The van der Waals surface area contributed by atoms with Crippen molar-refractivity contribution >= 4 is 0 Å². The van der Waals surface area contributed by atoms with Gasteiger partial charge in [0.05, 0.1) is 5.56 Å². The van der Waals surface area contributed by atoms with E-state index >= 15 is 0 Å². The first-order chi connectivity index (χ1) is 5.65. The minimum absolute atomic E-state index is 0.108. The Labute approximate surface area is 69.5 Å². The summed E-state index contributed by atoms with van der Waals surface area (Å²) in [5.41, 5.74) is 0.384. The molecule has 0 bridgehead atoms. The van der Waals surface area contributed by atoms with E-state index in [0.717, 1.165) is 12.1 Å². The van der Waals surface area contributed by atoms with E-state index in [1.807, 2.05) is 0 Å². The summed E-state index contributed by atoms with van der Waals surface area (Å²) in [7, 11) is 0. The Bertz CT molecular complexity index is 339. The summed E-state index contributed by atoms with van der Waals surface area (Å²) in [6.07, 6.45) is 0. The molecule has 12 heavy (non-hydrogen) atoms. The Balaban J connectivity index is 3.16. The smallest absolute Gasteiger partial charge is 0.242 e. The molecule has 0 amide bonds. The lowest BCUT2D eigenvalue weighted by Crippen LogP contribution is -1.92. The van der Waals surface area contributed by atoms with E-state index in [1.54, 1.807) is 0 Å². The summed E-state index contributed by atoms with van der Waals surface area (Å²) in [6.45, 7) is 7.87. The molecular formula is C9H7F2N. The van der Waals surface area contributed by atoms with Crippen LogP contribution < -0.4 is 0 Å². The highest BCUT2D eigenvalue weighted by molar-refractivity contribution is 5.25. The fourth-order valence-electron chi connectivity index (χ4n) is 0.894. The van der Waals surface area contributed by atoms with Crippen LogP contribution in [0.1, 0.15) is 11.1 Å². The number of rotatable bonds is 1. The van der Waals surface area contributed by atoms with Gasteiger partial charge in [-0.1, -0.05) is 0 Å². The van der Waals surface area contributed by atoms with Crippen LogP contribution in [0, 0.1) is 25.1 Å². The molecule has 0 spiro atoms. The Kier molecular flexibility index (Phi) is 2.39. The first-order valence-electron chi connectivity index (χ1n) is 3.43. The van der Waals surface area contributed by atoms with E-state index in [-0.39, 0.29) is 17.7 Å². The van der Waals surface area contributed by atoms with Crippen LogP contribution in [-0.2, 0) is 6.54 Å². The number of halogens is 2. The Morgan fingerprint density at radius 1 is 1.33 bits per heavy atom. The van der Waals surface area contributed by atoms with Crippen molar-refractivity contribution in [2.75, 3.05) is 0 Å². The van der Waals surface area contributed by atoms with Crippen molar-refractivity contribution < 1.29 is 8.78 Å². The molecule has 0 radical (unpaired) electrons. The molecule has 0 unspecified atom stereocenters. The molecule has 0 aliphatic heterocycles. The van der Waals surface area contributed by atoms with Crippen LogP contribution in [0.5, 0.6) is 0 Å². The van der Waals surface area contributed by atoms with Crippen molar-refractivity contribution in [2.24, 2.45) is 0 Å². The van der Waals surface area contributed by atoms with Gasteiger partial charge >= 0.3 is 0 Å². The van der Waals surface area contributed by atoms with Gasteiger partial charge in [0.2, 0.25) is 6.54 Å². The third kappa shape index (κ3) is 1.59. The Morgan fingerprint density at radius 2 is 2.00 bits per heavy atom. The lowest BCUT2D eigenvalue weighted by molar-refractivity contribution is 0.582. The molecule has 0 aromatic heterocycles. The van der Waals surface area contributed by atoms with E-state index in [4.69, 9.17) is 6.57 Å². The van der Waals surface area contributed by atoms with Crippen molar-refractivity contribution in [3.05, 3.63) is 46.3 Å². The summed E-state index contributed by atoms with van der Waals surface area (Å²) < 4.78 is 25.7. The van der Waals surface area contributed by atoms with Gasteiger partial charge in [-0.05, 0) is 24.6 Å². The highest BCUT2D eigenvalue weighted by Gasteiger charge is 2.08. The van der Waals surface area contributed by atoms with Crippen molar-refractivity contribution in [3.8, 4) is 0 Å². The molecule has 1 nitrogen and oxygen atoms in total. The minimum Gasteiger partial charge on any atom is -0.312 e. The van der Waals surface area contributed by atoms with E-state index in [0.29, 0.717) is 0 Å². The van der Waals surface area contributed by atoms with E-state index in [9.17, 15) is 8.78 Å². The normalized spacial score (nSPS) is 9.50. The summed E-state index contributed by atoms with van der Waals surface area (Å²) in [4.78, 5) is 2.98. The van der Waals surface area contributed by atoms with Gasteiger partial charge in [0.15, 0.2) is 0 Å². The topological polar surface area (TPSA) is 4.36 Å². The van der Waals surface area contributed by atoms with Gasteiger partial charge in [-0.15, -0.1) is 0 Å². The van der Waals surface area contributed by atoms with E-state index in [2.05, 4.69) is 4.85 Å². The predicted molar refractivity (Wildman–Crippen MR) is 41.4 cm³/mol. The summed E-state index contributed by atoms with van der Waals surface area (Å²) in [5, 5.41) is 0. The summed E-state index contributed by atoms with van der Waals surface area (Å²) >= 11 is 0. The lowest BCUT2D eigenvalue weighted by atomic mass is 10.1. The predicted octanol–water partition coefficient (Wildman–Crippen LogP) is 2.69. The maximum Gasteiger partial charge on any atom is 0.242 e. The number of aryl methyl sites for hydroxylation is 1. The van der Waals surface area contributed by atoms with Crippen molar-refractivity contribution in [3.63, 3.8) is 0 Å². The second kappa shape index (κ2) is 3.31. The number of nitrogens with zero attached hydrogens (tertiary/aromatic N) is 1. The van der Waals surface area contributed by atoms with Crippen LogP contribution in [-0.4, -0.2) is 0 Å². The number of benzene rings is 1. The van der Waals surface area contributed by atoms with Gasteiger partial charge in [0.1, 0.15) is 11.6 Å². The molecule has 0 saturated carbocycles. The number of hydrogen-bond acceptors (Lipinski definition) is 0. The molecule has 0 fully saturated rings. The van der Waals surface area contributed by atoms with Crippen LogP contribution in [0.15, 0.2) is 12.1 Å². The second-order valence-corrected chi connectivity index (χ2v) is 2.51. The average molecular weight is 167 g/mol. The molecule has 1 aromatic rings. The standard InChI is InChI=1S/C9H7F2N/c1-6-3-9(11)7(5-12-2)4-8(6)10/h3-4H,5H2,1H3. The molecule has 0 heterocycles. The molecule has 0 aliphatic rings. The average Bonchev–Trinajstić information content (AvgIpc) is 2.01. The zero-order valence-corrected chi connectivity index (χ0v) is 6.56. The third-order valence-electron chi connectivity index (χ3n) is 1.58. The van der Waals surface area contributed by atoms with Gasteiger partial charge in [0.25, 0.3) is 0 Å². The van der Waals surface area contributed by atoms with Crippen molar-refractivity contribution in [2.45, 2.75) is 13.5 Å². The second-order valence-electron chi connectivity index (χ2n) is 2.51. The molecular weight excluding hydrogens is 160 g/mol. The van der Waals surface area contributed by atoms with Gasteiger partial charge in [-0.25, -0.2) is 15.4 Å². The number of hydrogen-bond donors (Lipinski definition) is 0. The molecule has 0 saturated heterocycles. The Morgan fingerprint density at radius 3 is 2.58 bits per heavy atom. The first kappa shape index (κ1) is 8.66. The summed E-state index contributed by atoms with van der Waals surface area (Å²) in [6, 6.07) is 2.18. The van der Waals surface area contributed by atoms with Crippen molar-refractivity contribution in [1.29, 1.82) is 0 Å². The monoisotopic (exact) mass is 167 g/mol. The quantitative estimate of drug-likeness (QED) is 0.566. The van der Waals surface area contributed by atoms with E-state index in [1.165, 1.54) is 6.92 Å². The molecule has 0 aliphatic carbocycles. The maximum atomic E-state index is 12.9. The third-order valence-corrected chi connectivity index (χ3v) is 1.58. The molecule has 0 atom stereocenters. The molecule has 0 N–H and O–H groups in total. The highest BCUT2D eigenvalue weighted by atomic mass is 19.1. The van der Waals surface area contributed by atoms with E-state index < -0.39 is 11.6 Å². The fraction of sp³-hybridized carbons (Fsp3) is 0.222. The lowest BCUT2D eigenvalue weighted by Gasteiger charge is -1.98. The van der Waals surface area contributed by atoms with Crippen LogP contribution in [0.3, 0.4) is 0 Å². The molecule has 1 rings (SSSR count). The molecule has 62 valence electrons. The SMILES string of the molecule is [C-]#[N+]Cc1cc(F)c(C)cc1F. The van der Waals surface area contributed by atoms with Gasteiger partial charge in [0, 0.05) is 0 Å². The minimum atomic E-state index is -0.509. The van der Waals surface area contributed by atoms with Gasteiger partial charge in [-0.2, -0.15) is 0 Å². The molecule has 1 aromatic carbocycles. The molecule has 3 heteroatoms. The first-order valence-corrected chi connectivity index (χ1v) is 3.43. The Hall–Kier alpha value is -1.43. The summed E-state index contributed by atoms with van der Waals surface area (Å²) in [5.74, 6) is -0.972. The zero-order chi connectivity index (χ0) is 9.14. The van der Waals surface area contributed by atoms with Crippen molar-refractivity contribution in [1.82, 2.24) is 0 Å². The van der Waals surface area contributed by atoms with Gasteiger partial charge < -0.3 is 4.85 Å². The van der Waals surface area contributed by atoms with Gasteiger partial charge in [-0.3, -0.25) is 0 Å². The zero-order valence-electron chi connectivity index (χ0n) is 6.56. The van der Waals surface area contributed by atoms with Crippen LogP contribution in [0.4, 0.5) is 8.78 Å². The maximum absolute atomic E-state index is 12.9. The van der Waals surface area contributed by atoms with Crippen LogP contribution in [0.2, 0.25) is 0 Å². The fourth-order valence-corrected chi connectivity index (χ4v) is 0.894. The largest absolute Gasteiger partial charge is 0.312 e. The van der Waals surface area contributed by atoms with Crippen LogP contribution in [0.25, 0.3) is 4.85 Å². The highest BCUT2D eigenvalue weighted by Crippen LogP contribution is 2.14. The van der Waals surface area contributed by atoms with Crippen LogP contribution >= 0.6 is 0 Å².